The molecule has 2 rings (SSSR count). The fraction of sp³-hybridized carbons (Fsp3) is 0.778. The minimum atomic E-state index is -0.851. The highest BCUT2D eigenvalue weighted by molar-refractivity contribution is 5.81. The molecular formula is C9H13NO3. The fourth-order valence-electron chi connectivity index (χ4n) is 2.45. The number of hydrogen-bond acceptors (Lipinski definition) is 2. The van der Waals surface area contributed by atoms with E-state index in [1.165, 1.54) is 4.90 Å². The molecule has 1 N–H and O–H groups in total. The first-order valence-electron chi connectivity index (χ1n) is 4.61. The van der Waals surface area contributed by atoms with Crippen molar-refractivity contribution in [1.82, 2.24) is 4.90 Å². The number of carboxylic acid groups (broad SMARTS) is 1. The average molecular weight is 183 g/mol. The molecule has 0 radical (unpaired) electrons. The third-order valence-corrected chi connectivity index (χ3v) is 3.22. The Morgan fingerprint density at radius 2 is 2.23 bits per heavy atom. The zero-order valence-corrected chi connectivity index (χ0v) is 7.45. The van der Waals surface area contributed by atoms with Gasteiger partial charge in [0.1, 0.15) is 5.78 Å². The summed E-state index contributed by atoms with van der Waals surface area (Å²) >= 11 is 0. The first-order valence-corrected chi connectivity index (χ1v) is 4.61. The van der Waals surface area contributed by atoms with Crippen molar-refractivity contribution in [1.29, 1.82) is 0 Å². The largest absolute Gasteiger partial charge is 0.465 e. The van der Waals surface area contributed by atoms with Gasteiger partial charge in [-0.1, -0.05) is 0 Å². The Morgan fingerprint density at radius 3 is 2.69 bits per heavy atom. The lowest BCUT2D eigenvalue weighted by Gasteiger charge is -2.20. The molecule has 1 saturated carbocycles. The Morgan fingerprint density at radius 1 is 1.46 bits per heavy atom. The van der Waals surface area contributed by atoms with Crippen molar-refractivity contribution in [2.45, 2.75) is 25.7 Å². The molecule has 0 aromatic heterocycles. The Bertz CT molecular complexity index is 264. The molecular weight excluding hydrogens is 170 g/mol. The Kier molecular flexibility index (Phi) is 1.78. The van der Waals surface area contributed by atoms with Crippen LogP contribution in [-0.2, 0) is 4.79 Å². The molecule has 13 heavy (non-hydrogen) atoms. The molecule has 1 aliphatic carbocycles. The van der Waals surface area contributed by atoms with Gasteiger partial charge in [-0.2, -0.15) is 0 Å². The van der Waals surface area contributed by atoms with Crippen LogP contribution in [0.4, 0.5) is 4.79 Å². The molecule has 1 atom stereocenters. The molecule has 0 aromatic rings. The summed E-state index contributed by atoms with van der Waals surface area (Å²) in [7, 11) is 0. The van der Waals surface area contributed by atoms with E-state index in [-0.39, 0.29) is 5.41 Å². The Balaban J connectivity index is 2.05. The molecule has 1 aliphatic heterocycles. The van der Waals surface area contributed by atoms with Crippen LogP contribution in [0.25, 0.3) is 0 Å². The number of ketones is 1. The van der Waals surface area contributed by atoms with E-state index in [9.17, 15) is 9.59 Å². The smallest absolute Gasteiger partial charge is 0.407 e. The van der Waals surface area contributed by atoms with Crippen molar-refractivity contribution in [2.75, 3.05) is 13.1 Å². The van der Waals surface area contributed by atoms with E-state index in [4.69, 9.17) is 5.11 Å². The number of hydrogen-bond donors (Lipinski definition) is 1. The number of Topliss-reactive ketones (excluding diaryl/α,β-unsaturated/α-hetero) is 1. The van der Waals surface area contributed by atoms with Crippen LogP contribution in [-0.4, -0.2) is 35.0 Å². The van der Waals surface area contributed by atoms with Crippen LogP contribution < -0.4 is 0 Å². The lowest BCUT2D eigenvalue weighted by atomic mass is 9.86. The molecule has 1 amide bonds. The van der Waals surface area contributed by atoms with E-state index in [2.05, 4.69) is 0 Å². The molecule has 1 heterocycles. The van der Waals surface area contributed by atoms with Gasteiger partial charge in [-0.05, 0) is 18.3 Å². The van der Waals surface area contributed by atoms with Gasteiger partial charge in [0.25, 0.3) is 0 Å². The normalized spacial score (nSPS) is 33.2. The number of rotatable bonds is 0. The minimum absolute atomic E-state index is 0.00940. The summed E-state index contributed by atoms with van der Waals surface area (Å²) < 4.78 is 0. The van der Waals surface area contributed by atoms with Crippen LogP contribution in [0.5, 0.6) is 0 Å². The van der Waals surface area contributed by atoms with Gasteiger partial charge in [-0.25, -0.2) is 4.79 Å². The maximum absolute atomic E-state index is 11.1. The molecule has 1 unspecified atom stereocenters. The van der Waals surface area contributed by atoms with Crippen molar-refractivity contribution >= 4 is 11.9 Å². The van der Waals surface area contributed by atoms with Crippen molar-refractivity contribution in [2.24, 2.45) is 5.41 Å². The third-order valence-electron chi connectivity index (χ3n) is 3.22. The van der Waals surface area contributed by atoms with Gasteiger partial charge in [0.2, 0.25) is 0 Å². The van der Waals surface area contributed by atoms with Crippen LogP contribution in [0.15, 0.2) is 0 Å². The quantitative estimate of drug-likeness (QED) is 0.612. The molecule has 2 aliphatic rings. The van der Waals surface area contributed by atoms with Crippen molar-refractivity contribution in [3.05, 3.63) is 0 Å². The zero-order valence-electron chi connectivity index (χ0n) is 7.45. The fourth-order valence-corrected chi connectivity index (χ4v) is 2.45. The summed E-state index contributed by atoms with van der Waals surface area (Å²) in [5.41, 5.74) is 0.00940. The van der Waals surface area contributed by atoms with E-state index in [1.54, 1.807) is 0 Å². The summed E-state index contributed by atoms with van der Waals surface area (Å²) in [6.07, 6.45) is 2.14. The lowest BCUT2D eigenvalue weighted by molar-refractivity contribution is -0.118. The van der Waals surface area contributed by atoms with Crippen molar-refractivity contribution in [3.63, 3.8) is 0 Å². The highest BCUT2D eigenvalue weighted by atomic mass is 16.4. The Labute approximate surface area is 76.5 Å². The van der Waals surface area contributed by atoms with Crippen LogP contribution in [0.1, 0.15) is 25.7 Å². The summed E-state index contributed by atoms with van der Waals surface area (Å²) in [5, 5.41) is 8.76. The summed E-state index contributed by atoms with van der Waals surface area (Å²) in [5.74, 6) is 0.298. The highest BCUT2D eigenvalue weighted by Crippen LogP contribution is 2.43. The van der Waals surface area contributed by atoms with Crippen LogP contribution in [0, 0.1) is 5.41 Å². The van der Waals surface area contributed by atoms with Crippen LogP contribution in [0.3, 0.4) is 0 Å². The van der Waals surface area contributed by atoms with Gasteiger partial charge in [0.15, 0.2) is 0 Å². The van der Waals surface area contributed by atoms with Gasteiger partial charge < -0.3 is 10.0 Å². The standard InChI is InChI=1S/C9H13NO3/c11-7-1-2-9(5-7)3-4-10(6-9)8(12)13/h1-6H2,(H,12,13). The number of nitrogens with zero attached hydrogens (tertiary/aromatic N) is 1. The maximum Gasteiger partial charge on any atom is 0.407 e. The highest BCUT2D eigenvalue weighted by Gasteiger charge is 2.44. The van der Waals surface area contributed by atoms with Gasteiger partial charge in [-0.3, -0.25) is 4.79 Å². The first-order chi connectivity index (χ1) is 6.11. The second kappa shape index (κ2) is 2.72. The molecule has 4 heteroatoms. The number of amides is 1. The molecule has 1 spiro atoms. The van der Waals surface area contributed by atoms with Gasteiger partial charge in [0.05, 0.1) is 0 Å². The number of carbonyl (C=O) groups is 2. The third kappa shape index (κ3) is 1.41. The predicted octanol–water partition coefficient (Wildman–Crippen LogP) is 1.11. The van der Waals surface area contributed by atoms with E-state index in [0.29, 0.717) is 31.7 Å². The average Bonchev–Trinajstić information content (AvgIpc) is 2.61. The van der Waals surface area contributed by atoms with Crippen molar-refractivity contribution in [3.8, 4) is 0 Å². The Hall–Kier alpha value is -1.06. The predicted molar refractivity (Wildman–Crippen MR) is 45.5 cm³/mol. The van der Waals surface area contributed by atoms with Crippen molar-refractivity contribution < 1.29 is 14.7 Å². The molecule has 0 bridgehead atoms. The van der Waals surface area contributed by atoms with Crippen LogP contribution in [0.2, 0.25) is 0 Å². The van der Waals surface area contributed by atoms with Crippen LogP contribution >= 0.6 is 0 Å². The molecule has 0 aromatic carbocycles. The second-order valence-electron chi connectivity index (χ2n) is 4.17. The van der Waals surface area contributed by atoms with E-state index in [1.807, 2.05) is 0 Å². The summed E-state index contributed by atoms with van der Waals surface area (Å²) in [6.45, 7) is 1.16. The van der Waals surface area contributed by atoms with E-state index in [0.717, 1.165) is 12.8 Å². The molecule has 4 nitrogen and oxygen atoms in total. The lowest BCUT2D eigenvalue weighted by Crippen LogP contribution is -2.29. The SMILES string of the molecule is O=C1CCC2(CCN(C(=O)O)C2)C1. The monoisotopic (exact) mass is 183 g/mol. The number of likely N-dealkylation sites (tertiary alicyclic amines) is 1. The number of carbonyl (C=O) groups excluding carboxylic acids is 1. The van der Waals surface area contributed by atoms with E-state index < -0.39 is 6.09 Å². The van der Waals surface area contributed by atoms with Gasteiger partial charge in [-0.15, -0.1) is 0 Å². The van der Waals surface area contributed by atoms with E-state index >= 15 is 0 Å². The summed E-state index contributed by atoms with van der Waals surface area (Å²) in [6, 6.07) is 0. The molecule has 72 valence electrons. The zero-order chi connectivity index (χ0) is 9.47. The molecule has 2 fully saturated rings. The topological polar surface area (TPSA) is 57.6 Å². The minimum Gasteiger partial charge on any atom is -0.465 e. The van der Waals surface area contributed by atoms with Gasteiger partial charge in [0, 0.05) is 25.9 Å². The molecule has 1 saturated heterocycles. The van der Waals surface area contributed by atoms with Gasteiger partial charge >= 0.3 is 6.09 Å². The first kappa shape index (κ1) is 8.53. The second-order valence-corrected chi connectivity index (χ2v) is 4.17. The maximum atomic E-state index is 11.1. The summed E-state index contributed by atoms with van der Waals surface area (Å²) in [4.78, 5) is 23.2.